The van der Waals surface area contributed by atoms with E-state index < -0.39 is 11.2 Å². The van der Waals surface area contributed by atoms with Crippen LogP contribution in [0.3, 0.4) is 0 Å². The van der Waals surface area contributed by atoms with Crippen LogP contribution >= 0.6 is 0 Å². The minimum Gasteiger partial charge on any atom is -0.444 e. The van der Waals surface area contributed by atoms with E-state index in [0.29, 0.717) is 11.8 Å². The number of hydrogen-bond acceptors (Lipinski definition) is 6. The van der Waals surface area contributed by atoms with Crippen molar-refractivity contribution in [1.82, 2.24) is 29.7 Å². The van der Waals surface area contributed by atoms with E-state index in [-0.39, 0.29) is 36.4 Å². The molecule has 2 saturated heterocycles. The van der Waals surface area contributed by atoms with Gasteiger partial charge in [0.25, 0.3) is 0 Å². The number of carbonyl (C=O) groups is 2. The van der Waals surface area contributed by atoms with Gasteiger partial charge in [-0.2, -0.15) is 0 Å². The normalized spacial score (nSPS) is 25.9. The van der Waals surface area contributed by atoms with Crippen molar-refractivity contribution in [1.29, 1.82) is 0 Å². The van der Waals surface area contributed by atoms with Crippen molar-refractivity contribution in [2.24, 2.45) is 11.8 Å². The Morgan fingerprint density at radius 1 is 0.712 bits per heavy atom. The summed E-state index contributed by atoms with van der Waals surface area (Å²) in [5.41, 5.74) is 7.78. The van der Waals surface area contributed by atoms with Crippen LogP contribution in [0.2, 0.25) is 0 Å². The molecular weight excluding hydrogens is 653 g/mol. The molecule has 10 nitrogen and oxygen atoms in total. The first-order valence-electron chi connectivity index (χ1n) is 19.0. The van der Waals surface area contributed by atoms with E-state index in [4.69, 9.17) is 19.4 Å². The van der Waals surface area contributed by atoms with Gasteiger partial charge in [0.1, 0.15) is 22.9 Å². The zero-order valence-corrected chi connectivity index (χ0v) is 30.7. The molecule has 3 aliphatic carbocycles. The third-order valence-corrected chi connectivity index (χ3v) is 11.7. The van der Waals surface area contributed by atoms with E-state index in [9.17, 15) is 9.59 Å². The number of rotatable bonds is 3. The second-order valence-corrected chi connectivity index (χ2v) is 17.7. The summed E-state index contributed by atoms with van der Waals surface area (Å²) in [6.07, 6.45) is 5.28. The Bertz CT molecular complexity index is 2310. The number of ether oxygens (including phenoxy) is 2. The molecule has 2 saturated carbocycles. The number of piperidine rings is 2. The standard InChI is InChI=1S/C42H46N6O4/c1-41(2,3)51-39(49)47-31-17-25(31)19-33(47)37-43-29-13-9-23-15-21(7-11-27(23)35(29)45-37)22-8-12-28-24(16-22)10-14-30-36(28)46-38(44-30)34-20-26-18-32(26)48(34)40(50)52-42(4,5)6/h7-9,11-13,15-16,25-26,31-34H,10,14,17-20H2,1-6H3,(H,43,45)(H,44,46)/t25-,26-,31-,32-,33+,34+/m1/s1. The lowest BCUT2D eigenvalue weighted by Gasteiger charge is -2.29. The molecule has 0 radical (unpaired) electrons. The first-order valence-corrected chi connectivity index (χ1v) is 19.0. The Balaban J connectivity index is 0.917. The van der Waals surface area contributed by atoms with E-state index in [2.05, 4.69) is 58.5 Å². The summed E-state index contributed by atoms with van der Waals surface area (Å²) in [6, 6.07) is 17.9. The molecule has 6 atom stereocenters. The lowest BCUT2D eigenvalue weighted by atomic mass is 9.89. The van der Waals surface area contributed by atoms with Crippen molar-refractivity contribution in [3.05, 3.63) is 71.4 Å². The quantitative estimate of drug-likeness (QED) is 0.194. The molecule has 268 valence electrons. The van der Waals surface area contributed by atoms with Gasteiger partial charge in [0.05, 0.1) is 28.8 Å². The first kappa shape index (κ1) is 31.8. The molecule has 0 bridgehead atoms. The van der Waals surface area contributed by atoms with Crippen LogP contribution in [0, 0.1) is 11.8 Å². The number of fused-ring (bicyclic) bond motifs is 8. The van der Waals surface area contributed by atoms with Crippen molar-refractivity contribution in [3.8, 4) is 22.4 Å². The molecule has 52 heavy (non-hydrogen) atoms. The van der Waals surface area contributed by atoms with Gasteiger partial charge in [-0.05, 0) is 126 Å². The van der Waals surface area contributed by atoms with E-state index in [0.717, 1.165) is 94.5 Å². The predicted molar refractivity (Wildman–Crippen MR) is 199 cm³/mol. The van der Waals surface area contributed by atoms with Crippen molar-refractivity contribution < 1.29 is 19.1 Å². The summed E-state index contributed by atoms with van der Waals surface area (Å²) in [4.78, 5) is 47.7. The van der Waals surface area contributed by atoms with Crippen molar-refractivity contribution in [2.45, 2.75) is 115 Å². The van der Waals surface area contributed by atoms with E-state index in [1.807, 2.05) is 51.3 Å². The van der Waals surface area contributed by atoms with Crippen molar-refractivity contribution >= 4 is 34.0 Å². The number of amides is 2. The van der Waals surface area contributed by atoms with E-state index in [1.165, 1.54) is 11.1 Å². The number of likely N-dealkylation sites (tertiary alicyclic amines) is 2. The van der Waals surface area contributed by atoms with Gasteiger partial charge in [-0.1, -0.05) is 36.4 Å². The number of nitrogens with zero attached hydrogens (tertiary/aromatic N) is 4. The fraction of sp³-hybridized carbons (Fsp3) is 0.476. The summed E-state index contributed by atoms with van der Waals surface area (Å²) >= 11 is 0. The van der Waals surface area contributed by atoms with Gasteiger partial charge in [0.15, 0.2) is 0 Å². The third-order valence-electron chi connectivity index (χ3n) is 11.7. The Morgan fingerprint density at radius 2 is 1.33 bits per heavy atom. The maximum Gasteiger partial charge on any atom is 0.411 e. The summed E-state index contributed by atoms with van der Waals surface area (Å²) in [5.74, 6) is 2.78. The average molecular weight is 699 g/mol. The topological polar surface area (TPSA) is 116 Å². The highest BCUT2D eigenvalue weighted by molar-refractivity contribution is 6.05. The highest BCUT2D eigenvalue weighted by Crippen LogP contribution is 2.55. The minimum absolute atomic E-state index is 0.0747. The molecular formula is C42H46N6O4. The molecule has 0 spiro atoms. The maximum absolute atomic E-state index is 13.2. The number of imidazole rings is 2. The Hall–Kier alpha value is -4.86. The van der Waals surface area contributed by atoms with Crippen LogP contribution in [-0.4, -0.2) is 65.2 Å². The van der Waals surface area contributed by atoms with Crippen LogP contribution in [0.1, 0.15) is 102 Å². The number of aromatic nitrogens is 4. The molecule has 10 heteroatoms. The summed E-state index contributed by atoms with van der Waals surface area (Å²) < 4.78 is 11.6. The van der Waals surface area contributed by atoms with Crippen LogP contribution < -0.4 is 0 Å². The monoisotopic (exact) mass is 698 g/mol. The molecule has 5 aliphatic rings. The van der Waals surface area contributed by atoms with Gasteiger partial charge < -0.3 is 19.4 Å². The number of H-pyrrole nitrogens is 2. The van der Waals surface area contributed by atoms with Gasteiger partial charge in [0.2, 0.25) is 0 Å². The lowest BCUT2D eigenvalue weighted by molar-refractivity contribution is 0.0164. The Morgan fingerprint density at radius 3 is 1.98 bits per heavy atom. The lowest BCUT2D eigenvalue weighted by Crippen LogP contribution is -2.38. The number of nitrogens with one attached hydrogen (secondary N) is 2. The van der Waals surface area contributed by atoms with Crippen LogP contribution in [0.15, 0.2) is 48.5 Å². The van der Waals surface area contributed by atoms with Crippen LogP contribution in [0.4, 0.5) is 9.59 Å². The highest BCUT2D eigenvalue weighted by Gasteiger charge is 2.57. The Labute approximate surface area is 303 Å². The molecule has 10 rings (SSSR count). The van der Waals surface area contributed by atoms with Crippen molar-refractivity contribution in [3.63, 3.8) is 0 Å². The largest absolute Gasteiger partial charge is 0.444 e. The van der Waals surface area contributed by atoms with Crippen LogP contribution in [0.25, 0.3) is 44.2 Å². The fourth-order valence-corrected chi connectivity index (χ4v) is 9.18. The third kappa shape index (κ3) is 5.27. The summed E-state index contributed by atoms with van der Waals surface area (Å²) in [7, 11) is 0. The van der Waals surface area contributed by atoms with Gasteiger partial charge >= 0.3 is 12.2 Å². The van der Waals surface area contributed by atoms with Crippen molar-refractivity contribution in [2.75, 3.05) is 0 Å². The fourth-order valence-electron chi connectivity index (χ4n) is 9.18. The molecule has 4 fully saturated rings. The second-order valence-electron chi connectivity index (χ2n) is 17.7. The zero-order chi connectivity index (χ0) is 35.8. The summed E-state index contributed by atoms with van der Waals surface area (Å²) in [6.45, 7) is 11.5. The number of hydrogen-bond donors (Lipinski definition) is 2. The zero-order valence-electron chi connectivity index (χ0n) is 30.7. The predicted octanol–water partition coefficient (Wildman–Crippen LogP) is 9.01. The number of benzene rings is 3. The van der Waals surface area contributed by atoms with Crippen LogP contribution in [-0.2, 0) is 22.3 Å². The molecule has 0 unspecified atom stereocenters. The maximum atomic E-state index is 13.2. The van der Waals surface area contributed by atoms with Gasteiger partial charge in [-0.25, -0.2) is 19.6 Å². The minimum atomic E-state index is -0.539. The number of aryl methyl sites for hydroxylation is 2. The van der Waals surface area contributed by atoms with E-state index in [1.54, 1.807) is 0 Å². The van der Waals surface area contributed by atoms with Gasteiger partial charge in [0, 0.05) is 28.7 Å². The first-order chi connectivity index (χ1) is 24.8. The summed E-state index contributed by atoms with van der Waals surface area (Å²) in [5, 5.41) is 2.22. The molecule has 2 amide bonds. The number of carbonyl (C=O) groups excluding carboxylic acids is 2. The molecule has 3 aromatic carbocycles. The molecule has 4 heterocycles. The highest BCUT2D eigenvalue weighted by atomic mass is 16.6. The van der Waals surface area contributed by atoms with Gasteiger partial charge in [-0.3, -0.25) is 9.80 Å². The Kier molecular flexibility index (Phi) is 6.64. The second kappa shape index (κ2) is 10.8. The van der Waals surface area contributed by atoms with E-state index >= 15 is 0 Å². The SMILES string of the molecule is CC(C)(C)OC(=O)N1[C@@H]2C[C@@H]2C[C@H]1c1nc2c([nH]1)CCc1cc(-c3ccc4c(ccc5[nH]c([C@@H]6C[C@H]7C[C@H]7N6C(=O)OC(C)(C)C)nc54)c3)ccc1-2. The molecule has 5 aromatic rings. The average Bonchev–Trinajstić information content (AvgIpc) is 3.72. The molecule has 2 aliphatic heterocycles. The molecule has 2 N–H and O–H groups in total. The van der Waals surface area contributed by atoms with Gasteiger partial charge in [-0.15, -0.1) is 0 Å². The van der Waals surface area contributed by atoms with Crippen LogP contribution in [0.5, 0.6) is 0 Å². The number of aromatic amines is 2. The smallest absolute Gasteiger partial charge is 0.411 e. The molecule has 2 aromatic heterocycles.